The van der Waals surface area contributed by atoms with Crippen molar-refractivity contribution >= 4 is 11.4 Å². The van der Waals surface area contributed by atoms with Gasteiger partial charge in [-0.2, -0.15) is 0 Å². The van der Waals surface area contributed by atoms with E-state index in [1.165, 1.54) is 16.8 Å². The van der Waals surface area contributed by atoms with Crippen LogP contribution in [0.15, 0.2) is 48.5 Å². The van der Waals surface area contributed by atoms with Gasteiger partial charge in [-0.25, -0.2) is 0 Å². The van der Waals surface area contributed by atoms with Crippen LogP contribution in [-0.4, -0.2) is 14.1 Å². The first-order chi connectivity index (χ1) is 8.49. The highest BCUT2D eigenvalue weighted by atomic mass is 15.1. The molecule has 96 valence electrons. The lowest BCUT2D eigenvalue weighted by Crippen LogP contribution is -2.07. The van der Waals surface area contributed by atoms with Crippen molar-refractivity contribution in [2.45, 2.75) is 13.8 Å². The molecule has 2 heteroatoms. The van der Waals surface area contributed by atoms with E-state index in [9.17, 15) is 0 Å². The maximum atomic E-state index is 5.56. The van der Waals surface area contributed by atoms with Gasteiger partial charge in [0.15, 0.2) is 0 Å². The van der Waals surface area contributed by atoms with Crippen LogP contribution in [0.1, 0.15) is 11.1 Å². The third-order valence-corrected chi connectivity index (χ3v) is 2.52. The van der Waals surface area contributed by atoms with Crippen molar-refractivity contribution in [2.75, 3.05) is 24.7 Å². The predicted molar refractivity (Wildman–Crippen MR) is 81.1 cm³/mol. The predicted octanol–water partition coefficient (Wildman–Crippen LogP) is 3.64. The molecule has 2 nitrogen and oxygen atoms in total. The number of aryl methyl sites for hydroxylation is 2. The summed E-state index contributed by atoms with van der Waals surface area (Å²) >= 11 is 0. The van der Waals surface area contributed by atoms with E-state index in [4.69, 9.17) is 5.73 Å². The van der Waals surface area contributed by atoms with Crippen molar-refractivity contribution in [1.82, 2.24) is 0 Å². The summed E-state index contributed by atoms with van der Waals surface area (Å²) in [7, 11) is 4.07. The van der Waals surface area contributed by atoms with Crippen molar-refractivity contribution in [2.24, 2.45) is 0 Å². The molecule has 0 heterocycles. The number of nitrogen functional groups attached to an aromatic ring is 1. The van der Waals surface area contributed by atoms with E-state index in [-0.39, 0.29) is 0 Å². The highest BCUT2D eigenvalue weighted by molar-refractivity contribution is 5.44. The fraction of sp³-hybridized carbons (Fsp3) is 0.250. The first-order valence-corrected chi connectivity index (χ1v) is 6.05. The number of nitrogens with zero attached hydrogens (tertiary/aromatic N) is 1. The standard InChI is InChI=1S/2C8H11N/c1-6-3-7(2)5-8(9)4-6;1-9(2)8-6-4-3-5-7-8/h3-5H,9H2,1-2H3;3-7H,1-2H3. The Hall–Kier alpha value is -1.96. The number of nitrogens with two attached hydrogens (primary N) is 1. The summed E-state index contributed by atoms with van der Waals surface area (Å²) in [6.45, 7) is 4.09. The number of para-hydroxylation sites is 1. The van der Waals surface area contributed by atoms with Crippen LogP contribution in [0.5, 0.6) is 0 Å². The largest absolute Gasteiger partial charge is 0.399 e. The normalized spacial score (nSPS) is 9.33. The minimum atomic E-state index is 0.854. The van der Waals surface area contributed by atoms with E-state index in [1.807, 2.05) is 58.3 Å². The summed E-state index contributed by atoms with van der Waals surface area (Å²) in [4.78, 5) is 2.08. The SMILES string of the molecule is CN(C)c1ccccc1.Cc1cc(C)cc(N)c1. The van der Waals surface area contributed by atoms with Gasteiger partial charge in [0.05, 0.1) is 0 Å². The van der Waals surface area contributed by atoms with Crippen LogP contribution >= 0.6 is 0 Å². The lowest BCUT2D eigenvalue weighted by atomic mass is 10.1. The quantitative estimate of drug-likeness (QED) is 0.774. The Labute approximate surface area is 110 Å². The van der Waals surface area contributed by atoms with Gasteiger partial charge in [-0.1, -0.05) is 24.3 Å². The van der Waals surface area contributed by atoms with Gasteiger partial charge in [-0.15, -0.1) is 0 Å². The molecule has 0 aliphatic heterocycles. The van der Waals surface area contributed by atoms with Gasteiger partial charge in [0, 0.05) is 25.5 Å². The van der Waals surface area contributed by atoms with Crippen LogP contribution < -0.4 is 10.6 Å². The first-order valence-electron chi connectivity index (χ1n) is 6.05. The topological polar surface area (TPSA) is 29.3 Å². The zero-order valence-electron chi connectivity index (χ0n) is 11.6. The van der Waals surface area contributed by atoms with Gasteiger partial charge >= 0.3 is 0 Å². The average molecular weight is 242 g/mol. The molecule has 0 unspecified atom stereocenters. The molecule has 0 saturated heterocycles. The Morgan fingerprint density at radius 3 is 1.67 bits per heavy atom. The van der Waals surface area contributed by atoms with Gasteiger partial charge in [0.2, 0.25) is 0 Å². The van der Waals surface area contributed by atoms with Crippen molar-refractivity contribution in [3.63, 3.8) is 0 Å². The molecular formula is C16H22N2. The highest BCUT2D eigenvalue weighted by Gasteiger charge is 1.88. The van der Waals surface area contributed by atoms with Crippen molar-refractivity contribution < 1.29 is 0 Å². The first kappa shape index (κ1) is 14.1. The summed E-state index contributed by atoms with van der Waals surface area (Å²) < 4.78 is 0. The van der Waals surface area contributed by atoms with Crippen molar-refractivity contribution in [3.8, 4) is 0 Å². The molecule has 0 saturated carbocycles. The smallest absolute Gasteiger partial charge is 0.0360 e. The maximum absolute atomic E-state index is 5.56. The molecule has 0 aliphatic rings. The molecule has 0 spiro atoms. The Morgan fingerprint density at radius 1 is 0.833 bits per heavy atom. The molecule has 0 amide bonds. The zero-order chi connectivity index (χ0) is 13.5. The second-order valence-electron chi connectivity index (χ2n) is 4.65. The van der Waals surface area contributed by atoms with Crippen LogP contribution in [0.3, 0.4) is 0 Å². The van der Waals surface area contributed by atoms with Gasteiger partial charge in [0.1, 0.15) is 0 Å². The van der Waals surface area contributed by atoms with Crippen LogP contribution in [0.2, 0.25) is 0 Å². The third kappa shape index (κ3) is 4.91. The fourth-order valence-electron chi connectivity index (χ4n) is 1.74. The van der Waals surface area contributed by atoms with E-state index in [2.05, 4.69) is 23.1 Å². The molecule has 2 rings (SSSR count). The summed E-state index contributed by atoms with van der Waals surface area (Å²) in [5.74, 6) is 0. The lowest BCUT2D eigenvalue weighted by molar-refractivity contribution is 1.13. The van der Waals surface area contributed by atoms with Gasteiger partial charge in [-0.05, 0) is 49.2 Å². The van der Waals surface area contributed by atoms with E-state index in [1.54, 1.807) is 0 Å². The Bertz CT molecular complexity index is 425. The lowest BCUT2D eigenvalue weighted by Gasteiger charge is -2.10. The summed E-state index contributed by atoms with van der Waals surface area (Å²) in [5.41, 5.74) is 10.1. The van der Waals surface area contributed by atoms with Crippen LogP contribution in [0.25, 0.3) is 0 Å². The van der Waals surface area contributed by atoms with Gasteiger partial charge < -0.3 is 10.6 Å². The number of rotatable bonds is 1. The second-order valence-corrected chi connectivity index (χ2v) is 4.65. The Morgan fingerprint density at radius 2 is 1.33 bits per heavy atom. The second kappa shape index (κ2) is 6.70. The molecule has 0 fully saturated rings. The third-order valence-electron chi connectivity index (χ3n) is 2.52. The molecule has 2 aromatic rings. The highest BCUT2D eigenvalue weighted by Crippen LogP contribution is 2.09. The molecule has 0 atom stereocenters. The van der Waals surface area contributed by atoms with Crippen LogP contribution in [0, 0.1) is 13.8 Å². The van der Waals surface area contributed by atoms with Crippen molar-refractivity contribution in [3.05, 3.63) is 59.7 Å². The molecule has 2 N–H and O–H groups in total. The number of anilines is 2. The molecular weight excluding hydrogens is 220 g/mol. The average Bonchev–Trinajstić information content (AvgIpc) is 2.29. The minimum absolute atomic E-state index is 0.854. The Balaban J connectivity index is 0.000000180. The monoisotopic (exact) mass is 242 g/mol. The molecule has 0 radical (unpaired) electrons. The molecule has 0 aliphatic carbocycles. The fourth-order valence-corrected chi connectivity index (χ4v) is 1.74. The molecule has 0 aromatic heterocycles. The zero-order valence-corrected chi connectivity index (χ0v) is 11.6. The van der Waals surface area contributed by atoms with E-state index in [0.29, 0.717) is 0 Å². The number of hydrogen-bond donors (Lipinski definition) is 1. The summed E-state index contributed by atoms with van der Waals surface area (Å²) in [6, 6.07) is 16.3. The minimum Gasteiger partial charge on any atom is -0.399 e. The van der Waals surface area contributed by atoms with Gasteiger partial charge in [-0.3, -0.25) is 0 Å². The van der Waals surface area contributed by atoms with Gasteiger partial charge in [0.25, 0.3) is 0 Å². The van der Waals surface area contributed by atoms with E-state index in [0.717, 1.165) is 5.69 Å². The maximum Gasteiger partial charge on any atom is 0.0360 e. The number of hydrogen-bond acceptors (Lipinski definition) is 2. The van der Waals surface area contributed by atoms with Crippen LogP contribution in [0.4, 0.5) is 11.4 Å². The number of benzene rings is 2. The van der Waals surface area contributed by atoms with Crippen molar-refractivity contribution in [1.29, 1.82) is 0 Å². The van der Waals surface area contributed by atoms with E-state index >= 15 is 0 Å². The molecule has 18 heavy (non-hydrogen) atoms. The molecule has 0 bridgehead atoms. The summed E-state index contributed by atoms with van der Waals surface area (Å²) in [5, 5.41) is 0. The van der Waals surface area contributed by atoms with E-state index < -0.39 is 0 Å². The molecule has 2 aromatic carbocycles. The summed E-state index contributed by atoms with van der Waals surface area (Å²) in [6.07, 6.45) is 0. The van der Waals surface area contributed by atoms with Crippen LogP contribution in [-0.2, 0) is 0 Å². The Kier molecular flexibility index (Phi) is 5.25.